The van der Waals surface area contributed by atoms with Crippen LogP contribution in [0.15, 0.2) is 48.7 Å². The summed E-state index contributed by atoms with van der Waals surface area (Å²) < 4.78 is 21.1. The van der Waals surface area contributed by atoms with Crippen LogP contribution in [0.3, 0.4) is 0 Å². The summed E-state index contributed by atoms with van der Waals surface area (Å²) in [4.78, 5) is 14.7. The number of carbonyl (C=O) groups is 1. The lowest BCUT2D eigenvalue weighted by Crippen LogP contribution is -2.49. The minimum absolute atomic E-state index is 0.0566. The number of aliphatic hydroxyl groups is 1. The molecule has 0 amide bonds. The van der Waals surface area contributed by atoms with E-state index in [0.29, 0.717) is 24.9 Å². The molecule has 6 heteroatoms. The van der Waals surface area contributed by atoms with Gasteiger partial charge in [0, 0.05) is 42.3 Å². The first-order valence-corrected chi connectivity index (χ1v) is 11.8. The Hall–Kier alpha value is -2.70. The number of halogens is 1. The molecule has 2 unspecified atom stereocenters. The predicted molar refractivity (Wildman–Crippen MR) is 126 cm³/mol. The number of ketones is 1. The van der Waals surface area contributed by atoms with Gasteiger partial charge in [-0.15, -0.1) is 0 Å². The van der Waals surface area contributed by atoms with E-state index in [1.165, 1.54) is 12.1 Å². The fraction of sp³-hybridized carbons (Fsp3) is 0.444. The largest absolute Gasteiger partial charge is 0.495 e. The van der Waals surface area contributed by atoms with E-state index in [1.54, 1.807) is 26.2 Å². The molecule has 1 N–H and O–H groups in total. The molecular weight excluding hydrogens is 419 g/mol. The molecule has 2 atom stereocenters. The molecule has 3 heterocycles. The number of hydrogen-bond acceptors (Lipinski definition) is 4. The summed E-state index contributed by atoms with van der Waals surface area (Å²) >= 11 is 0. The van der Waals surface area contributed by atoms with E-state index in [-0.39, 0.29) is 11.6 Å². The zero-order valence-electron chi connectivity index (χ0n) is 19.3. The Morgan fingerprint density at radius 2 is 1.82 bits per heavy atom. The van der Waals surface area contributed by atoms with Gasteiger partial charge in [-0.25, -0.2) is 4.39 Å². The van der Waals surface area contributed by atoms with E-state index in [9.17, 15) is 14.3 Å². The molecule has 1 aromatic heterocycles. The highest BCUT2D eigenvalue weighted by molar-refractivity contribution is 6.08. The highest BCUT2D eigenvalue weighted by Crippen LogP contribution is 2.45. The number of aromatic nitrogens is 1. The highest BCUT2D eigenvalue weighted by atomic mass is 19.1. The maximum absolute atomic E-state index is 13.4. The van der Waals surface area contributed by atoms with Gasteiger partial charge in [-0.05, 0) is 62.8 Å². The smallest absolute Gasteiger partial charge is 0.161 e. The standard InChI is InChI=1S/C27H31FN2O3/c1-18(31)24-17-29(26-23(24)5-3-6-25(26)33-2)13-4-14-30-21-11-12-22(30)16-27(32,15-21)19-7-9-20(28)10-8-19/h3,5-10,17,21-22,32H,4,11-16H2,1-2H3. The van der Waals surface area contributed by atoms with Crippen LogP contribution in [0.4, 0.5) is 4.39 Å². The number of piperidine rings is 1. The number of para-hydroxylation sites is 1. The second kappa shape index (κ2) is 8.58. The Kier molecular flexibility index (Phi) is 5.75. The van der Waals surface area contributed by atoms with Crippen molar-refractivity contribution in [1.29, 1.82) is 0 Å². The summed E-state index contributed by atoms with van der Waals surface area (Å²) in [5.41, 5.74) is 1.64. The van der Waals surface area contributed by atoms with E-state index in [1.807, 2.05) is 24.4 Å². The number of ether oxygens (including phenoxy) is 1. The van der Waals surface area contributed by atoms with Crippen LogP contribution in [0.1, 0.15) is 54.9 Å². The SMILES string of the molecule is COc1cccc2c(C(C)=O)cn(CCCN3C4CCC3CC(O)(c3ccc(F)cc3)C4)c12. The lowest BCUT2D eigenvalue weighted by Gasteiger charge is -2.44. The fourth-order valence-corrected chi connectivity index (χ4v) is 6.05. The summed E-state index contributed by atoms with van der Waals surface area (Å²) in [5.74, 6) is 0.563. The fourth-order valence-electron chi connectivity index (χ4n) is 6.05. The molecule has 5 rings (SSSR count). The number of Topliss-reactive ketones (excluding diaryl/α,β-unsaturated/α-hetero) is 1. The van der Waals surface area contributed by atoms with Crippen LogP contribution in [0, 0.1) is 5.82 Å². The van der Waals surface area contributed by atoms with Crippen molar-refractivity contribution in [2.45, 2.75) is 63.3 Å². The van der Waals surface area contributed by atoms with Crippen LogP contribution in [-0.4, -0.2) is 46.1 Å². The molecule has 2 aliphatic heterocycles. The topological polar surface area (TPSA) is 54.7 Å². The molecule has 5 nitrogen and oxygen atoms in total. The number of carbonyl (C=O) groups excluding carboxylic acids is 1. The Morgan fingerprint density at radius 1 is 1.12 bits per heavy atom. The Bertz CT molecular complexity index is 1160. The summed E-state index contributed by atoms with van der Waals surface area (Å²) in [5, 5.41) is 12.3. The second-order valence-corrected chi connectivity index (χ2v) is 9.57. The van der Waals surface area contributed by atoms with Gasteiger partial charge in [0.25, 0.3) is 0 Å². The van der Waals surface area contributed by atoms with Crippen molar-refractivity contribution in [3.63, 3.8) is 0 Å². The maximum atomic E-state index is 13.4. The predicted octanol–water partition coefficient (Wildman–Crippen LogP) is 4.90. The molecule has 33 heavy (non-hydrogen) atoms. The third-order valence-corrected chi connectivity index (χ3v) is 7.58. The lowest BCUT2D eigenvalue weighted by molar-refractivity contribution is -0.0572. The van der Waals surface area contributed by atoms with Crippen molar-refractivity contribution in [2.24, 2.45) is 0 Å². The van der Waals surface area contributed by atoms with Crippen molar-refractivity contribution in [2.75, 3.05) is 13.7 Å². The molecule has 2 saturated heterocycles. The molecular formula is C27H31FN2O3. The minimum atomic E-state index is -0.879. The number of nitrogens with zero attached hydrogens (tertiary/aromatic N) is 2. The van der Waals surface area contributed by atoms with E-state index in [0.717, 1.165) is 60.1 Å². The van der Waals surface area contributed by atoms with Gasteiger partial charge in [-0.2, -0.15) is 0 Å². The molecule has 2 bridgehead atoms. The Morgan fingerprint density at radius 3 is 2.45 bits per heavy atom. The van der Waals surface area contributed by atoms with Gasteiger partial charge in [-0.1, -0.05) is 24.3 Å². The van der Waals surface area contributed by atoms with Crippen LogP contribution in [0.5, 0.6) is 5.75 Å². The second-order valence-electron chi connectivity index (χ2n) is 9.57. The third-order valence-electron chi connectivity index (χ3n) is 7.58. The lowest BCUT2D eigenvalue weighted by atomic mass is 9.80. The summed E-state index contributed by atoms with van der Waals surface area (Å²) in [6, 6.07) is 12.8. The zero-order valence-corrected chi connectivity index (χ0v) is 19.3. The van der Waals surface area contributed by atoms with E-state index >= 15 is 0 Å². The van der Waals surface area contributed by atoms with E-state index in [2.05, 4.69) is 9.47 Å². The van der Waals surface area contributed by atoms with Gasteiger partial charge < -0.3 is 14.4 Å². The average Bonchev–Trinajstić information content (AvgIpc) is 3.29. The average molecular weight is 451 g/mol. The minimum Gasteiger partial charge on any atom is -0.495 e. The van der Waals surface area contributed by atoms with Crippen LogP contribution in [0.2, 0.25) is 0 Å². The van der Waals surface area contributed by atoms with Crippen LogP contribution in [0.25, 0.3) is 10.9 Å². The first-order valence-electron chi connectivity index (χ1n) is 11.8. The third kappa shape index (κ3) is 3.96. The van der Waals surface area contributed by atoms with Crippen LogP contribution < -0.4 is 4.74 Å². The van der Waals surface area contributed by atoms with Crippen LogP contribution >= 0.6 is 0 Å². The molecule has 0 radical (unpaired) electrons. The number of benzene rings is 2. The summed E-state index contributed by atoms with van der Waals surface area (Å²) in [6.45, 7) is 3.34. The van der Waals surface area contributed by atoms with Crippen molar-refractivity contribution < 1.29 is 19.0 Å². The first-order chi connectivity index (χ1) is 15.9. The number of rotatable bonds is 7. The van der Waals surface area contributed by atoms with Gasteiger partial charge in [0.15, 0.2) is 5.78 Å². The normalized spacial score (nSPS) is 25.0. The Balaban J connectivity index is 1.29. The molecule has 3 aromatic rings. The summed E-state index contributed by atoms with van der Waals surface area (Å²) in [6.07, 6.45) is 6.44. The van der Waals surface area contributed by atoms with E-state index in [4.69, 9.17) is 4.74 Å². The molecule has 2 fully saturated rings. The van der Waals surface area contributed by atoms with Crippen molar-refractivity contribution in [3.8, 4) is 5.75 Å². The quantitative estimate of drug-likeness (QED) is 0.521. The molecule has 0 spiro atoms. The zero-order chi connectivity index (χ0) is 23.2. The van der Waals surface area contributed by atoms with Gasteiger partial charge in [0.1, 0.15) is 11.6 Å². The molecule has 0 aliphatic carbocycles. The van der Waals surface area contributed by atoms with Gasteiger partial charge in [0.2, 0.25) is 0 Å². The molecule has 2 aromatic carbocycles. The number of aryl methyl sites for hydroxylation is 1. The van der Waals surface area contributed by atoms with Gasteiger partial charge in [-0.3, -0.25) is 9.69 Å². The molecule has 0 saturated carbocycles. The number of fused-ring (bicyclic) bond motifs is 3. The van der Waals surface area contributed by atoms with Crippen molar-refractivity contribution >= 4 is 16.7 Å². The number of methoxy groups -OCH3 is 1. The molecule has 2 aliphatic rings. The Labute approximate surface area is 193 Å². The number of hydrogen-bond donors (Lipinski definition) is 1. The highest BCUT2D eigenvalue weighted by Gasteiger charge is 2.47. The van der Waals surface area contributed by atoms with Gasteiger partial charge in [0.05, 0.1) is 18.2 Å². The first kappa shape index (κ1) is 22.1. The molecule has 174 valence electrons. The van der Waals surface area contributed by atoms with E-state index < -0.39 is 5.60 Å². The monoisotopic (exact) mass is 450 g/mol. The van der Waals surface area contributed by atoms with Crippen molar-refractivity contribution in [1.82, 2.24) is 9.47 Å². The van der Waals surface area contributed by atoms with Crippen molar-refractivity contribution in [3.05, 3.63) is 65.6 Å². The van der Waals surface area contributed by atoms with Crippen LogP contribution in [-0.2, 0) is 12.1 Å². The van der Waals surface area contributed by atoms with Gasteiger partial charge >= 0.3 is 0 Å². The maximum Gasteiger partial charge on any atom is 0.161 e. The summed E-state index contributed by atoms with van der Waals surface area (Å²) in [7, 11) is 1.66.